The summed E-state index contributed by atoms with van der Waals surface area (Å²) in [4.78, 5) is 30.0. The van der Waals surface area contributed by atoms with Gasteiger partial charge < -0.3 is 20.7 Å². The second-order valence-corrected chi connectivity index (χ2v) is 1.59. The Hall–Kier alpha value is -2.05. The highest BCUT2D eigenvalue weighted by atomic mass is 16.7. The smallest absolute Gasteiger partial charge is 0.478 e. The maximum atomic E-state index is 10.4. The first-order chi connectivity index (χ1) is 5.43. The standard InChI is InChI=1S/C5H5NO6/c6-2(1-3(7)8)4(9)12-5(10)11/h1H,6H2,(H,7,8)(H,10,11). The van der Waals surface area contributed by atoms with Crippen molar-refractivity contribution < 1.29 is 29.3 Å². The Morgan fingerprint density at radius 1 is 1.25 bits per heavy atom. The summed E-state index contributed by atoms with van der Waals surface area (Å²) in [5.74, 6) is -2.88. The number of carboxylic acids is 1. The van der Waals surface area contributed by atoms with Gasteiger partial charge in [-0.2, -0.15) is 0 Å². The first-order valence-corrected chi connectivity index (χ1v) is 2.58. The number of carboxylic acid groups (broad SMARTS) is 2. The molecule has 66 valence electrons. The van der Waals surface area contributed by atoms with Crippen LogP contribution in [0.25, 0.3) is 0 Å². The topological polar surface area (TPSA) is 127 Å². The van der Waals surface area contributed by atoms with Crippen LogP contribution in [0.3, 0.4) is 0 Å². The van der Waals surface area contributed by atoms with Gasteiger partial charge >= 0.3 is 18.1 Å². The number of aliphatic carboxylic acids is 1. The number of rotatable bonds is 2. The minimum atomic E-state index is -1.85. The molecule has 0 atom stereocenters. The van der Waals surface area contributed by atoms with Gasteiger partial charge in [-0.3, -0.25) is 0 Å². The Balaban J connectivity index is 4.29. The Morgan fingerprint density at radius 3 is 2.08 bits per heavy atom. The number of nitrogens with two attached hydrogens (primary N) is 1. The fraction of sp³-hybridized carbons (Fsp3) is 0. The lowest BCUT2D eigenvalue weighted by atomic mass is 10.4. The molecule has 0 unspecified atom stereocenters. The molecule has 0 bridgehead atoms. The highest BCUT2D eigenvalue weighted by molar-refractivity contribution is 5.98. The predicted molar refractivity (Wildman–Crippen MR) is 34.0 cm³/mol. The van der Waals surface area contributed by atoms with E-state index in [1.807, 2.05) is 0 Å². The molecule has 0 aromatic carbocycles. The van der Waals surface area contributed by atoms with E-state index in [4.69, 9.17) is 15.9 Å². The third-order valence-corrected chi connectivity index (χ3v) is 0.695. The molecule has 0 heterocycles. The van der Waals surface area contributed by atoms with Crippen LogP contribution in [0.2, 0.25) is 0 Å². The van der Waals surface area contributed by atoms with Crippen LogP contribution in [0, 0.1) is 0 Å². The molecule has 7 nitrogen and oxygen atoms in total. The summed E-state index contributed by atoms with van der Waals surface area (Å²) in [6.07, 6.45) is -1.51. The molecule has 0 radical (unpaired) electrons. The fourth-order valence-corrected chi connectivity index (χ4v) is 0.330. The average molecular weight is 175 g/mol. The minimum absolute atomic E-state index is 0.339. The molecule has 4 N–H and O–H groups in total. The van der Waals surface area contributed by atoms with Crippen molar-refractivity contribution in [2.75, 3.05) is 0 Å². The van der Waals surface area contributed by atoms with Crippen LogP contribution in [0.15, 0.2) is 11.8 Å². The van der Waals surface area contributed by atoms with Gasteiger partial charge in [-0.05, 0) is 0 Å². The minimum Gasteiger partial charge on any atom is -0.478 e. The molecule has 0 aliphatic rings. The van der Waals surface area contributed by atoms with E-state index >= 15 is 0 Å². The summed E-state index contributed by atoms with van der Waals surface area (Å²) in [6, 6.07) is 0. The van der Waals surface area contributed by atoms with E-state index in [-0.39, 0.29) is 0 Å². The van der Waals surface area contributed by atoms with Crippen molar-refractivity contribution in [3.05, 3.63) is 11.8 Å². The van der Waals surface area contributed by atoms with Crippen molar-refractivity contribution in [1.82, 2.24) is 0 Å². The summed E-state index contributed by atoms with van der Waals surface area (Å²) in [7, 11) is 0. The number of hydrogen-bond acceptors (Lipinski definition) is 5. The molecule has 0 aromatic heterocycles. The predicted octanol–water partition coefficient (Wildman–Crippen LogP) is -0.865. The van der Waals surface area contributed by atoms with Gasteiger partial charge in [0.1, 0.15) is 5.70 Å². The first-order valence-electron chi connectivity index (χ1n) is 2.58. The zero-order valence-electron chi connectivity index (χ0n) is 5.68. The number of esters is 1. The van der Waals surface area contributed by atoms with E-state index in [0.717, 1.165) is 0 Å². The van der Waals surface area contributed by atoms with Gasteiger partial charge in [-0.25, -0.2) is 14.4 Å². The maximum absolute atomic E-state index is 10.4. The van der Waals surface area contributed by atoms with Gasteiger partial charge in [-0.15, -0.1) is 0 Å². The van der Waals surface area contributed by atoms with Crippen LogP contribution in [0.1, 0.15) is 0 Å². The van der Waals surface area contributed by atoms with E-state index in [2.05, 4.69) is 4.74 Å². The third kappa shape index (κ3) is 3.88. The Bertz CT molecular complexity index is 255. The second kappa shape index (κ2) is 3.96. The highest BCUT2D eigenvalue weighted by Gasteiger charge is 2.12. The molecule has 0 rings (SSSR count). The van der Waals surface area contributed by atoms with E-state index in [1.54, 1.807) is 0 Å². The van der Waals surface area contributed by atoms with Gasteiger partial charge in [0, 0.05) is 0 Å². The molecule has 7 heteroatoms. The van der Waals surface area contributed by atoms with E-state index in [0.29, 0.717) is 6.08 Å². The summed E-state index contributed by atoms with van der Waals surface area (Å²) in [5.41, 5.74) is 4.02. The van der Waals surface area contributed by atoms with Crippen molar-refractivity contribution >= 4 is 18.1 Å². The lowest BCUT2D eigenvalue weighted by molar-refractivity contribution is -0.136. The van der Waals surface area contributed by atoms with Crippen molar-refractivity contribution in [3.63, 3.8) is 0 Å². The van der Waals surface area contributed by atoms with E-state index < -0.39 is 23.8 Å². The molecule has 12 heavy (non-hydrogen) atoms. The summed E-state index contributed by atoms with van der Waals surface area (Å²) in [5, 5.41) is 15.9. The number of ether oxygens (including phenoxy) is 1. The molecule has 0 aliphatic heterocycles. The largest absolute Gasteiger partial charge is 0.513 e. The fourth-order valence-electron chi connectivity index (χ4n) is 0.330. The maximum Gasteiger partial charge on any atom is 0.513 e. The second-order valence-electron chi connectivity index (χ2n) is 1.59. The molecule has 0 fully saturated rings. The quantitative estimate of drug-likeness (QED) is 0.283. The van der Waals surface area contributed by atoms with Crippen molar-refractivity contribution in [2.24, 2.45) is 5.73 Å². The van der Waals surface area contributed by atoms with Gasteiger partial charge in [0.05, 0.1) is 6.08 Å². The molecular weight excluding hydrogens is 170 g/mol. The lowest BCUT2D eigenvalue weighted by Gasteiger charge is -1.95. The molecule has 0 aromatic rings. The Morgan fingerprint density at radius 2 is 1.75 bits per heavy atom. The monoisotopic (exact) mass is 175 g/mol. The summed E-state index contributed by atoms with van der Waals surface area (Å²) >= 11 is 0. The Labute approximate surface area is 66.0 Å². The molecule has 0 spiro atoms. The number of carbonyl (C=O) groups excluding carboxylic acids is 1. The van der Waals surface area contributed by atoms with Gasteiger partial charge in [0.15, 0.2) is 0 Å². The van der Waals surface area contributed by atoms with Crippen LogP contribution >= 0.6 is 0 Å². The first kappa shape index (κ1) is 9.95. The Kier molecular flexibility index (Phi) is 3.28. The summed E-state index contributed by atoms with van der Waals surface area (Å²) in [6.45, 7) is 0. The van der Waals surface area contributed by atoms with Gasteiger partial charge in [0.2, 0.25) is 0 Å². The highest BCUT2D eigenvalue weighted by Crippen LogP contribution is 1.89. The van der Waals surface area contributed by atoms with Crippen molar-refractivity contribution in [1.29, 1.82) is 0 Å². The molecule has 0 saturated carbocycles. The van der Waals surface area contributed by atoms with Crippen LogP contribution < -0.4 is 5.73 Å². The van der Waals surface area contributed by atoms with Crippen molar-refractivity contribution in [3.8, 4) is 0 Å². The van der Waals surface area contributed by atoms with E-state index in [1.165, 1.54) is 0 Å². The van der Waals surface area contributed by atoms with Crippen LogP contribution in [0.4, 0.5) is 4.79 Å². The zero-order chi connectivity index (χ0) is 9.72. The molecule has 0 aliphatic carbocycles. The normalized spacial score (nSPS) is 10.5. The zero-order valence-corrected chi connectivity index (χ0v) is 5.68. The van der Waals surface area contributed by atoms with Crippen LogP contribution in [-0.2, 0) is 14.3 Å². The molecule has 0 amide bonds. The number of hydrogen-bond donors (Lipinski definition) is 3. The van der Waals surface area contributed by atoms with Gasteiger partial charge in [0.25, 0.3) is 0 Å². The molecular formula is C5H5NO6. The third-order valence-electron chi connectivity index (χ3n) is 0.695. The van der Waals surface area contributed by atoms with E-state index in [9.17, 15) is 14.4 Å². The average Bonchev–Trinajstić information content (AvgIpc) is 1.84. The lowest BCUT2D eigenvalue weighted by Crippen LogP contribution is -2.18. The summed E-state index contributed by atoms with van der Waals surface area (Å²) < 4.78 is 3.53. The van der Waals surface area contributed by atoms with Crippen LogP contribution in [-0.4, -0.2) is 28.3 Å². The van der Waals surface area contributed by atoms with Crippen LogP contribution in [0.5, 0.6) is 0 Å². The SMILES string of the molecule is NC(=CC(=O)O)C(=O)OC(=O)O. The molecule has 0 saturated heterocycles. The number of carbonyl (C=O) groups is 3. The van der Waals surface area contributed by atoms with Gasteiger partial charge in [-0.1, -0.05) is 0 Å². The van der Waals surface area contributed by atoms with Crippen molar-refractivity contribution in [2.45, 2.75) is 0 Å².